The van der Waals surface area contributed by atoms with Gasteiger partial charge < -0.3 is 76.1 Å². The van der Waals surface area contributed by atoms with Crippen LogP contribution in [0, 0.1) is 27.7 Å². The van der Waals surface area contributed by atoms with Gasteiger partial charge in [-0.3, -0.25) is 23.5 Å². The van der Waals surface area contributed by atoms with Crippen molar-refractivity contribution in [3.63, 3.8) is 0 Å². The Morgan fingerprint density at radius 3 is 1.15 bits per heavy atom. The molecule has 7 aromatic carbocycles. The quantitative estimate of drug-likeness (QED) is 0.0188. The summed E-state index contributed by atoms with van der Waals surface area (Å²) in [7, 11) is 11.5. The molecule has 11 aromatic rings. The molecule has 0 radical (unpaired) electrons. The summed E-state index contributed by atoms with van der Waals surface area (Å²) < 4.78 is 38.0. The first-order valence-electron chi connectivity index (χ1n) is 44.9. The number of rotatable bonds is 22. The van der Waals surface area contributed by atoms with Crippen LogP contribution in [0.25, 0.3) is 43.6 Å². The molecule has 3 fully saturated rings. The highest BCUT2D eigenvalue weighted by Gasteiger charge is 2.40. The highest BCUT2D eigenvalue weighted by Crippen LogP contribution is 2.43. The lowest BCUT2D eigenvalue weighted by Gasteiger charge is -2.43. The van der Waals surface area contributed by atoms with Crippen LogP contribution < -0.4 is 42.5 Å². The molecule has 4 aliphatic rings. The molecule has 132 heavy (non-hydrogen) atoms. The van der Waals surface area contributed by atoms with Crippen molar-refractivity contribution in [1.29, 1.82) is 0 Å². The van der Waals surface area contributed by atoms with Crippen LogP contribution in [-0.2, 0) is 81.2 Å². The number of hydrogen-bond acceptors (Lipinski definition) is 23. The van der Waals surface area contributed by atoms with Crippen LogP contribution in [0.5, 0.6) is 0 Å². The number of allylic oxidation sites excluding steroid dienone is 3. The van der Waals surface area contributed by atoms with E-state index in [2.05, 4.69) is 86.1 Å². The third kappa shape index (κ3) is 23.6. The minimum Gasteiger partial charge on any atom is -0.478 e. The van der Waals surface area contributed by atoms with E-state index < -0.39 is 18.2 Å². The number of nitrogens with zero attached hydrogens (tertiary/aromatic N) is 10. The van der Waals surface area contributed by atoms with Gasteiger partial charge >= 0.3 is 42.2 Å². The number of carboxylic acids is 1. The number of nitrogens with two attached hydrogens (primary N) is 2. The minimum absolute atomic E-state index is 0.185. The summed E-state index contributed by atoms with van der Waals surface area (Å²) in [4.78, 5) is 102. The molecule has 31 heteroatoms. The summed E-state index contributed by atoms with van der Waals surface area (Å²) in [5, 5.41) is 43.9. The highest BCUT2D eigenvalue weighted by atomic mass is 16.6. The van der Waals surface area contributed by atoms with Crippen molar-refractivity contribution in [2.75, 3.05) is 61.8 Å². The highest BCUT2D eigenvalue weighted by molar-refractivity contribution is 6.06. The maximum atomic E-state index is 12.6. The summed E-state index contributed by atoms with van der Waals surface area (Å²) in [6.07, 6.45) is 18.9. The summed E-state index contributed by atoms with van der Waals surface area (Å²) in [5.74, 6) is -1.84. The molecule has 0 bridgehead atoms. The fraction of sp³-hybridized carbons (Fsp3) is 0.426. The lowest BCUT2D eigenvalue weighted by Crippen LogP contribution is -2.51. The molecule has 0 saturated heterocycles. The summed E-state index contributed by atoms with van der Waals surface area (Å²) >= 11 is 0. The van der Waals surface area contributed by atoms with E-state index >= 15 is 0 Å². The van der Waals surface area contributed by atoms with Crippen molar-refractivity contribution in [1.82, 2.24) is 55.1 Å². The van der Waals surface area contributed by atoms with Gasteiger partial charge in [-0.15, -0.1) is 0 Å². The van der Waals surface area contributed by atoms with Gasteiger partial charge in [0, 0.05) is 127 Å². The number of Topliss-reactive ketones (excluding diaryl/α,β-unsaturated/α-hetero) is 1. The first-order chi connectivity index (χ1) is 63.0. The smallest absolute Gasteiger partial charge is 0.407 e. The molecule has 3 saturated carbocycles. The number of ether oxygens (including phenoxy) is 6. The normalized spacial score (nSPS) is 18.7. The van der Waals surface area contributed by atoms with Crippen LogP contribution in [0.15, 0.2) is 163 Å². The number of hydrogen-bond donors (Lipinski definition) is 7. The van der Waals surface area contributed by atoms with Gasteiger partial charge in [0.05, 0.1) is 102 Å². The Morgan fingerprint density at radius 2 is 0.795 bits per heavy atom. The van der Waals surface area contributed by atoms with Gasteiger partial charge in [0.2, 0.25) is 0 Å². The fourth-order valence-electron chi connectivity index (χ4n) is 18.3. The van der Waals surface area contributed by atoms with E-state index in [0.29, 0.717) is 40.9 Å². The molecule has 0 aliphatic heterocycles. The Morgan fingerprint density at radius 1 is 0.470 bits per heavy atom. The molecule has 0 spiro atoms. The predicted molar refractivity (Wildman–Crippen MR) is 513 cm³/mol. The fourth-order valence-corrected chi connectivity index (χ4v) is 18.3. The number of carbonyl (C=O) groups is 8. The van der Waals surface area contributed by atoms with Gasteiger partial charge in [0.25, 0.3) is 0 Å². The summed E-state index contributed by atoms with van der Waals surface area (Å²) in [6.45, 7) is 24.6. The molecule has 0 atom stereocenters. The Hall–Kier alpha value is -13.6. The maximum absolute atomic E-state index is 12.6. The number of aryl methyl sites for hydroxylation is 4. The van der Waals surface area contributed by atoms with Crippen LogP contribution in [0.2, 0.25) is 0 Å². The third-order valence-electron chi connectivity index (χ3n) is 26.1. The number of nitrogens with one attached hydrogen (secondary N) is 4. The molecular formula is C101H128N16O15. The number of anilines is 4. The SMILES string of the molecule is CC1=CC(C)=C(CN)C(=O)C1.CCN(c1c(C)c(C(=O)O)cc2c1cnn2C)C1CCC(C)(NC(=O)OCc2ccccc2)CC1.CCN(c1c(C)c(C(=O)OC)cc2c1cnn2C)C1CCC(C)(NC(=O)OCc2ccccc2)CC1.COC(=O)c1cc2c(cnn2C)c(N)c1C.COC(=O)c1cc2c(cnn2C)c(NC2CCC(C)(NC(=O)OCc3ccccc3)CC2)c1C. The average molecular weight is 1810 g/mol. The number of ketones is 1. The summed E-state index contributed by atoms with van der Waals surface area (Å²) in [5.41, 5.74) is 28.2. The predicted octanol–water partition coefficient (Wildman–Crippen LogP) is 17.3. The zero-order chi connectivity index (χ0) is 95.6. The van der Waals surface area contributed by atoms with Gasteiger partial charge in [-0.1, -0.05) is 103 Å². The number of benzene rings is 7. The Bertz CT molecular complexity index is 6050. The van der Waals surface area contributed by atoms with Crippen LogP contribution in [0.3, 0.4) is 0 Å². The molecule has 4 aliphatic carbocycles. The topological polar surface area (TPSA) is 390 Å². The number of amides is 3. The Labute approximate surface area is 771 Å². The maximum Gasteiger partial charge on any atom is 0.407 e. The number of nitrogen functional groups attached to an aromatic ring is 1. The number of carboxylic acid groups (broad SMARTS) is 1. The Balaban J connectivity index is 0.000000167. The van der Waals surface area contributed by atoms with Gasteiger partial charge in [0.15, 0.2) is 5.78 Å². The van der Waals surface area contributed by atoms with Crippen LogP contribution >= 0.6 is 0 Å². The first-order valence-corrected chi connectivity index (χ1v) is 44.9. The van der Waals surface area contributed by atoms with Crippen LogP contribution in [0.4, 0.5) is 37.1 Å². The second-order valence-electron chi connectivity index (χ2n) is 35.4. The zero-order valence-corrected chi connectivity index (χ0v) is 79.3. The van der Waals surface area contributed by atoms with Crippen molar-refractivity contribution in [3.8, 4) is 0 Å². The number of alkyl carbamates (subject to hydrolysis) is 3. The van der Waals surface area contributed by atoms with Gasteiger partial charge in [0.1, 0.15) is 19.8 Å². The molecule has 9 N–H and O–H groups in total. The van der Waals surface area contributed by atoms with Crippen molar-refractivity contribution in [2.45, 2.75) is 214 Å². The number of carbonyl (C=O) groups excluding carboxylic acids is 7. The lowest BCUT2D eigenvalue weighted by molar-refractivity contribution is -0.115. The molecule has 15 rings (SSSR count). The molecule has 702 valence electrons. The van der Waals surface area contributed by atoms with Crippen LogP contribution in [0.1, 0.15) is 212 Å². The van der Waals surface area contributed by atoms with Gasteiger partial charge in [-0.25, -0.2) is 33.6 Å². The van der Waals surface area contributed by atoms with Crippen molar-refractivity contribution in [2.24, 2.45) is 33.9 Å². The van der Waals surface area contributed by atoms with Crippen molar-refractivity contribution in [3.05, 3.63) is 224 Å². The number of fused-ring (bicyclic) bond motifs is 4. The van der Waals surface area contributed by atoms with E-state index in [-0.39, 0.29) is 84.3 Å². The van der Waals surface area contributed by atoms with Crippen molar-refractivity contribution >= 4 is 114 Å². The largest absolute Gasteiger partial charge is 0.478 e. The standard InChI is InChI=1S/C28H36N4O4.C27H34N4O4.C26H32N4O4.C11H13N3O2.C9H13NO/c1-6-32(25-19(2)22(26(33)35-5)16-24-23(25)17-29-31(24)4)21-12-14-28(3,15-13-21)30-27(34)36-18-20-10-8-7-9-11-20;1-5-31(24-18(2)21(25(32)33)15-23-22(24)16-28-30(23)4)20-11-13-27(3,14-12-20)29-26(34)35-17-19-9-7-6-8-10-19;1-17-20(24(31)33-4)14-22-21(15-27-30(22)3)23(17)28-19-10-12-26(2,13-11-19)29-25(32)34-16-18-8-6-5-7-9-18;1-6-7(11(15)16-3)4-9-8(10(6)12)5-13-14(9)2;1-6-3-7(2)8(5-10)9(11)4-6/h7-11,16-17,21H,6,12-15,18H2,1-5H3,(H,30,34);6-10,15-16,20H,5,11-14,17H2,1-4H3,(H,29,34)(H,32,33);5-9,14-15,19,28H,10-13,16H2,1-4H3,(H,29,32);4-5H,12H2,1-3H3;3H,4-5,10H2,1-2H3. The Kier molecular flexibility index (Phi) is 32.9. The van der Waals surface area contributed by atoms with Gasteiger partial charge in [-0.05, 0) is 222 Å². The zero-order valence-electron chi connectivity index (χ0n) is 79.3. The number of esters is 3. The van der Waals surface area contributed by atoms with E-state index in [0.717, 1.165) is 206 Å². The average Bonchev–Trinajstić information content (AvgIpc) is 1.51. The van der Waals surface area contributed by atoms with Gasteiger partial charge in [-0.2, -0.15) is 20.4 Å². The van der Waals surface area contributed by atoms with E-state index in [1.165, 1.54) is 21.3 Å². The van der Waals surface area contributed by atoms with E-state index in [9.17, 15) is 43.5 Å². The first kappa shape index (κ1) is 99.0. The summed E-state index contributed by atoms with van der Waals surface area (Å²) in [6, 6.07) is 36.9. The third-order valence-corrected chi connectivity index (χ3v) is 26.1. The van der Waals surface area contributed by atoms with Crippen LogP contribution in [-0.4, -0.2) is 168 Å². The molecule has 4 heterocycles. The number of aromatic carboxylic acids is 1. The second-order valence-corrected chi connectivity index (χ2v) is 35.4. The minimum atomic E-state index is -0.933. The second kappa shape index (κ2) is 43.9. The molecule has 4 aromatic heterocycles. The molecule has 0 unspecified atom stereocenters. The van der Waals surface area contributed by atoms with E-state index in [1.54, 1.807) is 51.0 Å². The molecule has 31 nitrogen and oxygen atoms in total. The monoisotopic (exact) mass is 1800 g/mol. The van der Waals surface area contributed by atoms with E-state index in [4.69, 9.17) is 39.9 Å². The van der Waals surface area contributed by atoms with E-state index in [1.807, 2.05) is 184 Å². The number of aromatic nitrogens is 8. The molecule has 3 amide bonds. The molecular weight excluding hydrogens is 1680 g/mol. The number of methoxy groups -OCH3 is 3. The van der Waals surface area contributed by atoms with Crippen molar-refractivity contribution < 1.29 is 71.9 Å². The lowest BCUT2D eigenvalue weighted by atomic mass is 9.80.